The maximum atomic E-state index is 12.0. The first-order valence-electron chi connectivity index (χ1n) is 6.06. The molecule has 1 aromatic rings. The van der Waals surface area contributed by atoms with Crippen molar-refractivity contribution < 1.29 is 9.90 Å². The molecule has 0 radical (unpaired) electrons. The minimum atomic E-state index is -0.221. The highest BCUT2D eigenvalue weighted by molar-refractivity contribution is 9.10. The summed E-state index contributed by atoms with van der Waals surface area (Å²) >= 11 is 3.25. The Hall–Kier alpha value is -1.07. The lowest BCUT2D eigenvalue weighted by Gasteiger charge is -2.28. The van der Waals surface area contributed by atoms with Gasteiger partial charge < -0.3 is 15.7 Å². The third-order valence-corrected chi connectivity index (χ3v) is 3.60. The van der Waals surface area contributed by atoms with Gasteiger partial charge in [-0.05, 0) is 37.1 Å². The molecule has 1 aliphatic rings. The van der Waals surface area contributed by atoms with E-state index in [0.717, 1.165) is 24.0 Å². The molecule has 0 spiro atoms. The van der Waals surface area contributed by atoms with Crippen molar-refractivity contribution in [2.75, 3.05) is 13.1 Å². The summed E-state index contributed by atoms with van der Waals surface area (Å²) in [6.45, 7) is 3.94. The maximum absolute atomic E-state index is 12.0. The summed E-state index contributed by atoms with van der Waals surface area (Å²) in [5, 5.41) is 16.0. The Morgan fingerprint density at radius 1 is 1.50 bits per heavy atom. The molecule has 5 heteroatoms. The predicted molar refractivity (Wildman–Crippen MR) is 73.7 cm³/mol. The van der Waals surface area contributed by atoms with Gasteiger partial charge in [-0.15, -0.1) is 0 Å². The van der Waals surface area contributed by atoms with Crippen molar-refractivity contribution in [3.8, 4) is 5.75 Å². The van der Waals surface area contributed by atoms with Crippen molar-refractivity contribution in [2.45, 2.75) is 19.4 Å². The number of hydrogen-bond donors (Lipinski definition) is 3. The van der Waals surface area contributed by atoms with E-state index in [-0.39, 0.29) is 17.7 Å². The van der Waals surface area contributed by atoms with E-state index in [0.29, 0.717) is 11.5 Å². The summed E-state index contributed by atoms with van der Waals surface area (Å²) in [6, 6.07) is 5.02. The molecule has 1 fully saturated rings. The summed E-state index contributed by atoms with van der Waals surface area (Å²) in [7, 11) is 0. The van der Waals surface area contributed by atoms with Crippen LogP contribution in [0.5, 0.6) is 5.75 Å². The fourth-order valence-electron chi connectivity index (χ4n) is 2.23. The normalized spacial score (nSPS) is 23.7. The number of phenols is 1. The summed E-state index contributed by atoms with van der Waals surface area (Å²) in [5.74, 6) is 0.335. The number of piperidine rings is 1. The Morgan fingerprint density at radius 2 is 2.28 bits per heavy atom. The van der Waals surface area contributed by atoms with Crippen molar-refractivity contribution in [1.82, 2.24) is 10.6 Å². The molecule has 1 amide bonds. The van der Waals surface area contributed by atoms with Gasteiger partial charge in [-0.25, -0.2) is 0 Å². The van der Waals surface area contributed by atoms with Crippen molar-refractivity contribution in [3.05, 3.63) is 28.2 Å². The van der Waals surface area contributed by atoms with Crippen LogP contribution < -0.4 is 10.6 Å². The maximum Gasteiger partial charge on any atom is 0.255 e. The van der Waals surface area contributed by atoms with Gasteiger partial charge in [0.15, 0.2) is 0 Å². The van der Waals surface area contributed by atoms with Crippen molar-refractivity contribution in [3.63, 3.8) is 0 Å². The van der Waals surface area contributed by atoms with Gasteiger partial charge in [0.05, 0.1) is 5.56 Å². The first-order chi connectivity index (χ1) is 8.56. The SMILES string of the molecule is CC1CNCC(NC(=O)c2ccc(Br)cc2O)C1. The lowest BCUT2D eigenvalue weighted by Crippen LogP contribution is -2.48. The zero-order valence-corrected chi connectivity index (χ0v) is 11.8. The number of amides is 1. The monoisotopic (exact) mass is 312 g/mol. The standard InChI is InChI=1S/C13H17BrN2O2/c1-8-4-10(7-15-6-8)16-13(18)11-3-2-9(14)5-12(11)17/h2-3,5,8,10,15,17H,4,6-7H2,1H3,(H,16,18). The van der Waals surface area contributed by atoms with Gasteiger partial charge in [-0.1, -0.05) is 22.9 Å². The van der Waals surface area contributed by atoms with Crippen LogP contribution in [0.2, 0.25) is 0 Å². The summed E-state index contributed by atoms with van der Waals surface area (Å²) in [6.07, 6.45) is 0.968. The highest BCUT2D eigenvalue weighted by Crippen LogP contribution is 2.22. The van der Waals surface area contributed by atoms with Crippen LogP contribution in [0.25, 0.3) is 0 Å². The molecular formula is C13H17BrN2O2. The Labute approximate surface area is 115 Å². The number of halogens is 1. The molecule has 1 saturated heterocycles. The van der Waals surface area contributed by atoms with E-state index >= 15 is 0 Å². The van der Waals surface area contributed by atoms with Crippen LogP contribution in [0, 0.1) is 5.92 Å². The van der Waals surface area contributed by atoms with E-state index in [9.17, 15) is 9.90 Å². The third-order valence-electron chi connectivity index (χ3n) is 3.11. The van der Waals surface area contributed by atoms with Crippen LogP contribution in [0.3, 0.4) is 0 Å². The molecule has 2 atom stereocenters. The highest BCUT2D eigenvalue weighted by Gasteiger charge is 2.21. The van der Waals surface area contributed by atoms with Crippen LogP contribution in [0.4, 0.5) is 0 Å². The quantitative estimate of drug-likeness (QED) is 0.781. The topological polar surface area (TPSA) is 61.4 Å². The Bertz CT molecular complexity index is 451. The Kier molecular flexibility index (Phi) is 4.24. The molecule has 98 valence electrons. The zero-order valence-electron chi connectivity index (χ0n) is 10.2. The van der Waals surface area contributed by atoms with E-state index in [4.69, 9.17) is 0 Å². The fraction of sp³-hybridized carbons (Fsp3) is 0.462. The molecule has 0 aromatic heterocycles. The van der Waals surface area contributed by atoms with Crippen LogP contribution >= 0.6 is 15.9 Å². The van der Waals surface area contributed by atoms with Crippen molar-refractivity contribution >= 4 is 21.8 Å². The molecule has 3 N–H and O–H groups in total. The van der Waals surface area contributed by atoms with Crippen LogP contribution in [-0.4, -0.2) is 30.1 Å². The van der Waals surface area contributed by atoms with Gasteiger partial charge in [0.2, 0.25) is 0 Å². The second-order valence-corrected chi connectivity index (χ2v) is 5.75. The smallest absolute Gasteiger partial charge is 0.255 e. The Balaban J connectivity index is 2.03. The number of aromatic hydroxyl groups is 1. The molecule has 0 aliphatic carbocycles. The Morgan fingerprint density at radius 3 is 2.94 bits per heavy atom. The second-order valence-electron chi connectivity index (χ2n) is 4.83. The third kappa shape index (κ3) is 3.23. The van der Waals surface area contributed by atoms with E-state index in [1.165, 1.54) is 6.07 Å². The van der Waals surface area contributed by atoms with E-state index < -0.39 is 0 Å². The number of rotatable bonds is 2. The molecule has 1 aliphatic heterocycles. The first-order valence-corrected chi connectivity index (χ1v) is 6.85. The molecule has 0 saturated carbocycles. The molecule has 1 aromatic carbocycles. The number of carbonyl (C=O) groups is 1. The summed E-state index contributed by atoms with van der Waals surface area (Å²) in [5.41, 5.74) is 0.316. The molecule has 4 nitrogen and oxygen atoms in total. The highest BCUT2D eigenvalue weighted by atomic mass is 79.9. The van der Waals surface area contributed by atoms with Gasteiger partial charge in [-0.3, -0.25) is 4.79 Å². The van der Waals surface area contributed by atoms with E-state index in [1.54, 1.807) is 12.1 Å². The van der Waals surface area contributed by atoms with Gasteiger partial charge in [-0.2, -0.15) is 0 Å². The first kappa shape index (κ1) is 13.4. The molecule has 1 heterocycles. The lowest BCUT2D eigenvalue weighted by molar-refractivity contribution is 0.0922. The molecule has 0 bridgehead atoms. The van der Waals surface area contributed by atoms with Gasteiger partial charge >= 0.3 is 0 Å². The average molecular weight is 313 g/mol. The average Bonchev–Trinajstić information content (AvgIpc) is 2.28. The van der Waals surface area contributed by atoms with Crippen LogP contribution in [-0.2, 0) is 0 Å². The minimum Gasteiger partial charge on any atom is -0.507 e. The molecule has 18 heavy (non-hydrogen) atoms. The van der Waals surface area contributed by atoms with Gasteiger partial charge in [0.1, 0.15) is 5.75 Å². The van der Waals surface area contributed by atoms with Gasteiger partial charge in [0.25, 0.3) is 5.91 Å². The van der Waals surface area contributed by atoms with Crippen LogP contribution in [0.1, 0.15) is 23.7 Å². The molecule has 2 unspecified atom stereocenters. The summed E-state index contributed by atoms with van der Waals surface area (Å²) < 4.78 is 0.754. The number of phenolic OH excluding ortho intramolecular Hbond substituents is 1. The van der Waals surface area contributed by atoms with Crippen molar-refractivity contribution in [2.24, 2.45) is 5.92 Å². The second kappa shape index (κ2) is 5.71. The summed E-state index contributed by atoms with van der Waals surface area (Å²) in [4.78, 5) is 12.0. The van der Waals surface area contributed by atoms with E-state index in [1.807, 2.05) is 0 Å². The molecule has 2 rings (SSSR count). The van der Waals surface area contributed by atoms with Gasteiger partial charge in [0, 0.05) is 17.1 Å². The van der Waals surface area contributed by atoms with Crippen molar-refractivity contribution in [1.29, 1.82) is 0 Å². The predicted octanol–water partition coefficient (Wildman–Crippen LogP) is 1.88. The number of nitrogens with one attached hydrogen (secondary N) is 2. The minimum absolute atomic E-state index is 0.00121. The number of benzene rings is 1. The lowest BCUT2D eigenvalue weighted by atomic mass is 9.97. The zero-order chi connectivity index (χ0) is 13.1. The molecular weight excluding hydrogens is 296 g/mol. The number of carbonyl (C=O) groups excluding carboxylic acids is 1. The van der Waals surface area contributed by atoms with E-state index in [2.05, 4.69) is 33.5 Å². The van der Waals surface area contributed by atoms with Crippen LogP contribution in [0.15, 0.2) is 22.7 Å². The fourth-order valence-corrected chi connectivity index (χ4v) is 2.58. The largest absolute Gasteiger partial charge is 0.507 e. The number of hydrogen-bond acceptors (Lipinski definition) is 3.